The van der Waals surface area contributed by atoms with Gasteiger partial charge in [0.1, 0.15) is 0 Å². The van der Waals surface area contributed by atoms with Gasteiger partial charge in [0.05, 0.1) is 32.6 Å². The van der Waals surface area contributed by atoms with E-state index in [1.807, 2.05) is 0 Å². The summed E-state index contributed by atoms with van der Waals surface area (Å²) in [5.41, 5.74) is 2.77. The molecule has 0 bridgehead atoms. The summed E-state index contributed by atoms with van der Waals surface area (Å²) in [7, 11) is 0. The lowest BCUT2D eigenvalue weighted by Crippen LogP contribution is -2.09. The molecule has 2 heterocycles. The molecule has 2 aromatic heterocycles. The first kappa shape index (κ1) is 20.8. The molecular weight excluding hydrogens is 462 g/mol. The van der Waals surface area contributed by atoms with Gasteiger partial charge in [0.25, 0.3) is 0 Å². The fraction of sp³-hybridized carbons (Fsp3) is 0. The summed E-state index contributed by atoms with van der Waals surface area (Å²) in [4.78, 5) is 22.5. The Kier molecular flexibility index (Phi) is 6.07. The Morgan fingerprint density at radius 2 is 0.933 bits per heavy atom. The molecule has 0 radical (unpaired) electrons. The van der Waals surface area contributed by atoms with E-state index >= 15 is 0 Å². The SMILES string of the molecule is O=C(c1c(Cl)ccnc1-c1ccc(Cl)cc1)c1c(Cl)ccnc1-c1ccc(Cl)cc1. The molecule has 3 nitrogen and oxygen atoms in total. The fourth-order valence-corrected chi connectivity index (χ4v) is 3.80. The third kappa shape index (κ3) is 4.07. The lowest BCUT2D eigenvalue weighted by Gasteiger charge is -2.14. The van der Waals surface area contributed by atoms with Gasteiger partial charge < -0.3 is 0 Å². The predicted octanol–water partition coefficient (Wildman–Crippen LogP) is 7.66. The lowest BCUT2D eigenvalue weighted by molar-refractivity contribution is 0.103. The topological polar surface area (TPSA) is 42.9 Å². The van der Waals surface area contributed by atoms with Crippen molar-refractivity contribution in [3.05, 3.63) is 104 Å². The molecule has 0 N–H and O–H groups in total. The van der Waals surface area contributed by atoms with E-state index in [1.54, 1.807) is 73.1 Å². The van der Waals surface area contributed by atoms with Crippen LogP contribution in [-0.2, 0) is 0 Å². The van der Waals surface area contributed by atoms with E-state index in [1.165, 1.54) is 0 Å². The van der Waals surface area contributed by atoms with Gasteiger partial charge in [-0.3, -0.25) is 14.8 Å². The summed E-state index contributed by atoms with van der Waals surface area (Å²) in [6.07, 6.45) is 3.10. The minimum Gasteiger partial charge on any atom is -0.288 e. The van der Waals surface area contributed by atoms with Crippen molar-refractivity contribution >= 4 is 52.2 Å². The summed E-state index contributed by atoms with van der Waals surface area (Å²) in [5, 5.41) is 1.69. The molecule has 30 heavy (non-hydrogen) atoms. The van der Waals surface area contributed by atoms with Crippen molar-refractivity contribution in [1.82, 2.24) is 9.97 Å². The molecule has 0 fully saturated rings. The van der Waals surface area contributed by atoms with Crippen LogP contribution in [0.4, 0.5) is 0 Å². The summed E-state index contributed by atoms with van der Waals surface area (Å²) >= 11 is 24.9. The Labute approximate surface area is 193 Å². The molecule has 0 saturated heterocycles. The molecule has 0 aliphatic rings. The van der Waals surface area contributed by atoms with E-state index in [0.29, 0.717) is 32.6 Å². The largest absolute Gasteiger partial charge is 0.288 e. The van der Waals surface area contributed by atoms with Crippen molar-refractivity contribution in [3.63, 3.8) is 0 Å². The highest BCUT2D eigenvalue weighted by molar-refractivity contribution is 6.39. The number of hydrogen-bond acceptors (Lipinski definition) is 3. The Balaban J connectivity index is 1.91. The van der Waals surface area contributed by atoms with Crippen molar-refractivity contribution in [2.75, 3.05) is 0 Å². The second kappa shape index (κ2) is 8.75. The number of rotatable bonds is 4. The smallest absolute Gasteiger partial charge is 0.200 e. The molecule has 0 aliphatic heterocycles. The molecule has 0 saturated carbocycles. The number of hydrogen-bond donors (Lipinski definition) is 0. The Morgan fingerprint density at radius 3 is 1.30 bits per heavy atom. The van der Waals surface area contributed by atoms with Crippen molar-refractivity contribution in [2.45, 2.75) is 0 Å². The average molecular weight is 474 g/mol. The Hall–Kier alpha value is -2.43. The third-order valence-corrected chi connectivity index (χ3v) is 5.62. The minimum absolute atomic E-state index is 0.242. The normalized spacial score (nSPS) is 10.8. The average Bonchev–Trinajstić information content (AvgIpc) is 2.74. The van der Waals surface area contributed by atoms with Gasteiger partial charge in [-0.1, -0.05) is 70.7 Å². The molecule has 0 spiro atoms. The van der Waals surface area contributed by atoms with Crippen molar-refractivity contribution < 1.29 is 4.79 Å². The van der Waals surface area contributed by atoms with Gasteiger partial charge in [-0.05, 0) is 36.4 Å². The highest BCUT2D eigenvalue weighted by atomic mass is 35.5. The van der Waals surface area contributed by atoms with E-state index < -0.39 is 0 Å². The van der Waals surface area contributed by atoms with Crippen LogP contribution in [0.5, 0.6) is 0 Å². The monoisotopic (exact) mass is 472 g/mol. The highest BCUT2D eigenvalue weighted by Gasteiger charge is 2.25. The number of pyridine rings is 2. The van der Waals surface area contributed by atoms with Crippen molar-refractivity contribution in [3.8, 4) is 22.5 Å². The van der Waals surface area contributed by atoms with Crippen molar-refractivity contribution in [1.29, 1.82) is 0 Å². The summed E-state index contributed by atoms with van der Waals surface area (Å²) in [6, 6.07) is 17.2. The van der Waals surface area contributed by atoms with Gasteiger partial charge in [0, 0.05) is 33.6 Å². The number of carbonyl (C=O) groups excluding carboxylic acids is 1. The van der Waals surface area contributed by atoms with Crippen LogP contribution in [0.15, 0.2) is 73.1 Å². The van der Waals surface area contributed by atoms with Crippen LogP contribution in [0.3, 0.4) is 0 Å². The van der Waals surface area contributed by atoms with E-state index in [0.717, 1.165) is 0 Å². The maximum atomic E-state index is 13.7. The minimum atomic E-state index is -0.374. The van der Waals surface area contributed by atoms with Crippen LogP contribution in [0.25, 0.3) is 22.5 Å². The predicted molar refractivity (Wildman–Crippen MR) is 123 cm³/mol. The second-order valence-electron chi connectivity index (χ2n) is 6.38. The molecule has 148 valence electrons. The zero-order valence-electron chi connectivity index (χ0n) is 15.2. The van der Waals surface area contributed by atoms with Gasteiger partial charge in [0.2, 0.25) is 0 Å². The fourth-order valence-electron chi connectivity index (χ4n) is 3.09. The molecule has 0 aliphatic carbocycles. The zero-order chi connectivity index (χ0) is 21.3. The maximum Gasteiger partial charge on any atom is 0.200 e. The zero-order valence-corrected chi connectivity index (χ0v) is 18.3. The summed E-state index contributed by atoms with van der Waals surface area (Å²) in [5.74, 6) is -0.374. The first-order chi connectivity index (χ1) is 14.5. The van der Waals surface area contributed by atoms with Crippen LogP contribution in [0.2, 0.25) is 20.1 Å². The van der Waals surface area contributed by atoms with Crippen LogP contribution in [0, 0.1) is 0 Å². The lowest BCUT2D eigenvalue weighted by atomic mass is 9.95. The molecule has 4 rings (SSSR count). The maximum absolute atomic E-state index is 13.7. The van der Waals surface area contributed by atoms with Crippen LogP contribution in [0.1, 0.15) is 15.9 Å². The van der Waals surface area contributed by atoms with Gasteiger partial charge in [-0.2, -0.15) is 0 Å². The second-order valence-corrected chi connectivity index (χ2v) is 8.06. The third-order valence-electron chi connectivity index (χ3n) is 4.49. The standard InChI is InChI=1S/C23H12Cl4N2O/c24-15-5-1-13(2-6-15)21-19(17(26)9-11-28-21)23(30)20-18(27)10-12-29-22(20)14-3-7-16(25)8-4-14/h1-12H. The Bertz CT molecular complexity index is 1140. The van der Waals surface area contributed by atoms with E-state index in [4.69, 9.17) is 46.4 Å². The number of carbonyl (C=O) groups is 1. The van der Waals surface area contributed by atoms with Crippen LogP contribution in [-0.4, -0.2) is 15.8 Å². The number of benzene rings is 2. The summed E-state index contributed by atoms with van der Waals surface area (Å²) in [6.45, 7) is 0. The first-order valence-electron chi connectivity index (χ1n) is 8.81. The number of aromatic nitrogens is 2. The van der Waals surface area contributed by atoms with E-state index in [9.17, 15) is 4.79 Å². The van der Waals surface area contributed by atoms with Gasteiger partial charge in [-0.25, -0.2) is 0 Å². The molecule has 2 aromatic carbocycles. The highest BCUT2D eigenvalue weighted by Crippen LogP contribution is 2.35. The molecule has 0 unspecified atom stereocenters. The summed E-state index contributed by atoms with van der Waals surface area (Å²) < 4.78 is 0. The first-order valence-corrected chi connectivity index (χ1v) is 10.3. The molecular formula is C23H12Cl4N2O. The molecule has 0 amide bonds. The van der Waals surface area contributed by atoms with E-state index in [-0.39, 0.29) is 27.0 Å². The van der Waals surface area contributed by atoms with Crippen LogP contribution >= 0.6 is 46.4 Å². The quantitative estimate of drug-likeness (QED) is 0.286. The number of nitrogens with zero attached hydrogens (tertiary/aromatic N) is 2. The van der Waals surface area contributed by atoms with Crippen molar-refractivity contribution in [2.24, 2.45) is 0 Å². The molecule has 7 heteroatoms. The van der Waals surface area contributed by atoms with Gasteiger partial charge in [-0.15, -0.1) is 0 Å². The Morgan fingerprint density at radius 1 is 0.567 bits per heavy atom. The molecule has 4 aromatic rings. The van der Waals surface area contributed by atoms with E-state index in [2.05, 4.69) is 9.97 Å². The van der Waals surface area contributed by atoms with Gasteiger partial charge in [0.15, 0.2) is 5.78 Å². The molecule has 0 atom stereocenters. The van der Waals surface area contributed by atoms with Gasteiger partial charge >= 0.3 is 0 Å². The van der Waals surface area contributed by atoms with Crippen LogP contribution < -0.4 is 0 Å². The number of ketones is 1. The number of halogens is 4.